The van der Waals surface area contributed by atoms with Crippen LogP contribution in [0, 0.1) is 0 Å². The smallest absolute Gasteiger partial charge is 0.224 e. The van der Waals surface area contributed by atoms with Crippen LogP contribution in [-0.2, 0) is 52.1 Å². The molecular weight excluding hydrogens is 1050 g/mol. The molecule has 0 aromatic heterocycles. The molecule has 26 nitrogen and oxygen atoms in total. The van der Waals surface area contributed by atoms with Gasteiger partial charge >= 0.3 is 0 Å². The SMILES string of the molecule is CCN(CC)CCOCC1O[C@H](O[C@]2(CO[C@]3(CO[C@]4(CO)O[C@H](COCCN(CC)CC)C(O)[C@H]4O)O[C@H](COCCN(CC)CC)C(O)[C@H]3O)O[C@H](COCC[N+](CC)(CC)CCN(CC)CC)C(O)[C@H]2O)C(O)[C@@H](O)[C@@H]1O. The molecular formula is C54H108N5O21+. The molecule has 0 aromatic rings. The Hall–Kier alpha value is -1.04. The van der Waals surface area contributed by atoms with Crippen LogP contribution in [0.4, 0.5) is 0 Å². The van der Waals surface area contributed by atoms with Crippen molar-refractivity contribution >= 4 is 0 Å². The van der Waals surface area contributed by atoms with Crippen LogP contribution in [0.25, 0.3) is 0 Å². The third-order valence-corrected chi connectivity index (χ3v) is 17.1. The lowest BCUT2D eigenvalue weighted by Gasteiger charge is -2.45. The van der Waals surface area contributed by atoms with Gasteiger partial charge in [0.15, 0.2) is 6.29 Å². The Morgan fingerprint density at radius 2 is 0.762 bits per heavy atom. The molecule has 4 fully saturated rings. The molecule has 4 rings (SSSR count). The van der Waals surface area contributed by atoms with Crippen LogP contribution < -0.4 is 0 Å². The summed E-state index contributed by atoms with van der Waals surface area (Å²) in [6.45, 7) is 29.8. The maximum atomic E-state index is 12.2. The van der Waals surface area contributed by atoms with Crippen molar-refractivity contribution in [1.29, 1.82) is 0 Å². The summed E-state index contributed by atoms with van der Waals surface area (Å²) in [5.41, 5.74) is 0. The zero-order valence-electron chi connectivity index (χ0n) is 49.9. The van der Waals surface area contributed by atoms with Crippen molar-refractivity contribution in [3.05, 3.63) is 0 Å². The molecule has 0 amide bonds. The Bertz CT molecular complexity index is 1660. The van der Waals surface area contributed by atoms with Gasteiger partial charge in [-0.05, 0) is 66.2 Å². The largest absolute Gasteiger partial charge is 0.391 e. The fourth-order valence-corrected chi connectivity index (χ4v) is 10.7. The normalized spacial score (nSPS) is 35.1. The van der Waals surface area contributed by atoms with E-state index in [2.05, 4.69) is 47.3 Å². The van der Waals surface area contributed by atoms with Gasteiger partial charge in [0.2, 0.25) is 17.4 Å². The van der Waals surface area contributed by atoms with E-state index in [1.165, 1.54) is 0 Å². The second-order valence-electron chi connectivity index (χ2n) is 21.4. The highest BCUT2D eigenvalue weighted by molar-refractivity contribution is 5.03. The maximum absolute atomic E-state index is 12.2. The van der Waals surface area contributed by atoms with Crippen molar-refractivity contribution in [3.8, 4) is 0 Å². The molecule has 4 heterocycles. The molecule has 26 heteroatoms. The first-order valence-corrected chi connectivity index (χ1v) is 29.7. The summed E-state index contributed by atoms with van der Waals surface area (Å²) in [5, 5.41) is 115. The molecule has 0 aliphatic carbocycles. The average Bonchev–Trinajstić information content (AvgIpc) is 4.19. The number of likely N-dealkylation sites (N-methyl/N-ethyl adjacent to an activating group) is 5. The zero-order chi connectivity index (χ0) is 59.3. The molecule has 17 atom stereocenters. The molecule has 474 valence electrons. The fourth-order valence-electron chi connectivity index (χ4n) is 10.7. The van der Waals surface area contributed by atoms with Gasteiger partial charge in [0.05, 0.1) is 72.5 Å². The van der Waals surface area contributed by atoms with Gasteiger partial charge < -0.3 is 122 Å². The molecule has 0 bridgehead atoms. The summed E-state index contributed by atoms with van der Waals surface area (Å²) in [4.78, 5) is 8.73. The van der Waals surface area contributed by atoms with Crippen molar-refractivity contribution in [2.24, 2.45) is 0 Å². The van der Waals surface area contributed by atoms with Gasteiger partial charge in [0.1, 0.15) is 106 Å². The molecule has 80 heavy (non-hydrogen) atoms. The number of aliphatic hydroxyl groups is 10. The lowest BCUT2D eigenvalue weighted by Crippen LogP contribution is -2.64. The van der Waals surface area contributed by atoms with E-state index in [1.54, 1.807) is 0 Å². The molecule has 10 N–H and O–H groups in total. The predicted octanol–water partition coefficient (Wildman–Crippen LogP) is -3.42. The maximum Gasteiger partial charge on any atom is 0.224 e. The van der Waals surface area contributed by atoms with E-state index in [-0.39, 0.29) is 52.9 Å². The minimum atomic E-state index is -2.59. The van der Waals surface area contributed by atoms with Gasteiger partial charge in [-0.2, -0.15) is 0 Å². The van der Waals surface area contributed by atoms with Crippen molar-refractivity contribution in [3.63, 3.8) is 0 Å². The first kappa shape index (κ1) is 71.4. The number of ether oxygens (including phenoxy) is 11. The Morgan fingerprint density at radius 3 is 1.20 bits per heavy atom. The number of rotatable bonds is 42. The lowest BCUT2D eigenvalue weighted by atomic mass is 9.98. The van der Waals surface area contributed by atoms with Gasteiger partial charge in [-0.1, -0.05) is 55.4 Å². The Morgan fingerprint density at radius 1 is 0.400 bits per heavy atom. The van der Waals surface area contributed by atoms with Crippen LogP contribution in [0.1, 0.15) is 69.2 Å². The van der Waals surface area contributed by atoms with Gasteiger partial charge in [-0.25, -0.2) is 0 Å². The highest BCUT2D eigenvalue weighted by Crippen LogP contribution is 2.42. The fraction of sp³-hybridized carbons (Fsp3) is 1.00. The monoisotopic (exact) mass is 1160 g/mol. The third kappa shape index (κ3) is 18.5. The van der Waals surface area contributed by atoms with Crippen LogP contribution in [0.5, 0.6) is 0 Å². The number of hydrogen-bond acceptors (Lipinski definition) is 25. The van der Waals surface area contributed by atoms with E-state index in [1.807, 2.05) is 41.5 Å². The molecule has 4 aliphatic rings. The van der Waals surface area contributed by atoms with Crippen LogP contribution >= 0.6 is 0 Å². The van der Waals surface area contributed by atoms with Crippen LogP contribution in [0.3, 0.4) is 0 Å². The first-order valence-electron chi connectivity index (χ1n) is 29.7. The van der Waals surface area contributed by atoms with E-state index in [0.717, 1.165) is 83.0 Å². The van der Waals surface area contributed by atoms with E-state index >= 15 is 0 Å². The Balaban J connectivity index is 1.69. The van der Waals surface area contributed by atoms with Gasteiger partial charge in [-0.15, -0.1) is 0 Å². The second kappa shape index (κ2) is 34.9. The van der Waals surface area contributed by atoms with Gasteiger partial charge in [0, 0.05) is 26.2 Å². The number of quaternary nitrogens is 1. The Labute approximate surface area is 475 Å². The number of aliphatic hydroxyl groups excluding tert-OH is 10. The first-order chi connectivity index (χ1) is 38.3. The molecule has 4 saturated heterocycles. The summed E-state index contributed by atoms with van der Waals surface area (Å²) >= 11 is 0. The Kier molecular flexibility index (Phi) is 31.2. The van der Waals surface area contributed by atoms with Gasteiger partial charge in [-0.3, -0.25) is 4.90 Å². The van der Waals surface area contributed by atoms with Crippen molar-refractivity contribution in [2.75, 3.05) is 177 Å². The van der Waals surface area contributed by atoms with Crippen LogP contribution in [0.15, 0.2) is 0 Å². The summed E-state index contributed by atoms with van der Waals surface area (Å²) in [7, 11) is 0. The molecule has 0 saturated carbocycles. The topological polar surface area (TPSA) is 317 Å². The van der Waals surface area contributed by atoms with E-state index in [9.17, 15) is 51.1 Å². The van der Waals surface area contributed by atoms with E-state index in [4.69, 9.17) is 52.1 Å². The minimum Gasteiger partial charge on any atom is -0.391 e. The average molecular weight is 1160 g/mol. The van der Waals surface area contributed by atoms with Crippen molar-refractivity contribution < 1.29 is 108 Å². The molecule has 0 spiro atoms. The summed E-state index contributed by atoms with van der Waals surface area (Å²) in [6, 6.07) is 0. The zero-order valence-corrected chi connectivity index (χ0v) is 49.9. The standard InChI is InChI=1S/C54H108N5O21/c1-11-55(12-2)21-25-59(19-9,20-10)26-30-73-34-41-45(64)50(69)54(79-41,80-51-47(66)46(65)42(61)38(76-51)31-70-27-22-56(13-3)14-4)37-75-53(49(68)44(63)40(78-53)33-72-29-24-58(17-7)18-8)36-74-52(35-60)48(67)43(62)39(77-52)32-71-28-23-57(15-5)16-6/h38-51,60-69H,11-37H2,1-10H3/q+1/t38?,39-,40-,41-,42-,43?,44?,45?,46+,47?,48-,49-,50-,51-,52-,53-,54+/m1/s1. The molecule has 5 unspecified atom stereocenters. The molecule has 0 aromatic carbocycles. The van der Waals surface area contributed by atoms with Crippen molar-refractivity contribution in [2.45, 2.75) is 172 Å². The van der Waals surface area contributed by atoms with Gasteiger partial charge in [0.25, 0.3) is 0 Å². The predicted molar refractivity (Wildman–Crippen MR) is 291 cm³/mol. The quantitative estimate of drug-likeness (QED) is 0.0210. The minimum absolute atomic E-state index is 0.197. The van der Waals surface area contributed by atoms with Crippen LogP contribution in [0.2, 0.25) is 0 Å². The number of nitrogens with zero attached hydrogens (tertiary/aromatic N) is 5. The number of hydrogen-bond donors (Lipinski definition) is 10. The van der Waals surface area contributed by atoms with E-state index < -0.39 is 123 Å². The van der Waals surface area contributed by atoms with Crippen LogP contribution in [-0.4, -0.2) is 356 Å². The highest BCUT2D eigenvalue weighted by atomic mass is 16.8. The third-order valence-electron chi connectivity index (χ3n) is 17.1. The highest BCUT2D eigenvalue weighted by Gasteiger charge is 2.64. The van der Waals surface area contributed by atoms with E-state index in [0.29, 0.717) is 26.2 Å². The molecule has 0 radical (unpaired) electrons. The lowest BCUT2D eigenvalue weighted by molar-refractivity contribution is -0.924. The summed E-state index contributed by atoms with van der Waals surface area (Å²) < 4.78 is 68.4. The second-order valence-corrected chi connectivity index (χ2v) is 21.4. The molecule has 4 aliphatic heterocycles. The summed E-state index contributed by atoms with van der Waals surface area (Å²) in [5.74, 6) is -7.50. The van der Waals surface area contributed by atoms with Crippen molar-refractivity contribution in [1.82, 2.24) is 19.6 Å². The summed E-state index contributed by atoms with van der Waals surface area (Å²) in [6.07, 6.45) is -23.7.